The van der Waals surface area contributed by atoms with Gasteiger partial charge in [0.2, 0.25) is 5.91 Å². The van der Waals surface area contributed by atoms with Crippen molar-refractivity contribution in [3.63, 3.8) is 0 Å². The molecule has 18 heavy (non-hydrogen) atoms. The molecule has 0 aliphatic carbocycles. The Hall–Kier alpha value is -1.10. The summed E-state index contributed by atoms with van der Waals surface area (Å²) in [5.41, 5.74) is 0. The van der Waals surface area contributed by atoms with E-state index in [9.17, 15) is 9.59 Å². The van der Waals surface area contributed by atoms with Crippen molar-refractivity contribution in [1.82, 2.24) is 4.90 Å². The maximum absolute atomic E-state index is 12.1. The molecule has 2 atom stereocenters. The molecule has 2 heterocycles. The van der Waals surface area contributed by atoms with E-state index in [1.165, 1.54) is 0 Å². The zero-order chi connectivity index (χ0) is 13.0. The number of carbonyl (C=O) groups excluding carboxylic acids is 1. The predicted octanol–water partition coefficient (Wildman–Crippen LogP) is 1.27. The first kappa shape index (κ1) is 13.3. The van der Waals surface area contributed by atoms with Crippen molar-refractivity contribution in [2.24, 2.45) is 5.92 Å². The van der Waals surface area contributed by atoms with Gasteiger partial charge in [0.25, 0.3) is 0 Å². The minimum absolute atomic E-state index is 0.00556. The normalized spacial score (nSPS) is 28.3. The third-order valence-corrected chi connectivity index (χ3v) is 3.90. The summed E-state index contributed by atoms with van der Waals surface area (Å²) in [4.78, 5) is 24.8. The second-order valence-corrected chi connectivity index (χ2v) is 5.21. The zero-order valence-electron chi connectivity index (χ0n) is 10.6. The van der Waals surface area contributed by atoms with Crippen LogP contribution in [0.2, 0.25) is 0 Å². The summed E-state index contributed by atoms with van der Waals surface area (Å²) in [5.74, 6) is -0.400. The molecule has 0 aromatic heterocycles. The van der Waals surface area contributed by atoms with Crippen LogP contribution in [0, 0.1) is 5.92 Å². The third-order valence-electron chi connectivity index (χ3n) is 3.90. The van der Waals surface area contributed by atoms with Crippen LogP contribution in [0.3, 0.4) is 0 Å². The van der Waals surface area contributed by atoms with Crippen molar-refractivity contribution in [2.45, 2.75) is 44.6 Å². The van der Waals surface area contributed by atoms with Crippen molar-refractivity contribution < 1.29 is 19.4 Å². The molecule has 0 spiro atoms. The number of piperidine rings is 1. The van der Waals surface area contributed by atoms with Crippen LogP contribution in [0.4, 0.5) is 0 Å². The molecule has 2 aliphatic heterocycles. The fraction of sp³-hybridized carbons (Fsp3) is 0.846. The smallest absolute Gasteiger partial charge is 0.326 e. The number of carbonyl (C=O) groups is 2. The average Bonchev–Trinajstić information content (AvgIpc) is 2.89. The zero-order valence-corrected chi connectivity index (χ0v) is 10.6. The van der Waals surface area contributed by atoms with Gasteiger partial charge in [-0.3, -0.25) is 4.79 Å². The number of carboxylic acids is 1. The maximum Gasteiger partial charge on any atom is 0.326 e. The van der Waals surface area contributed by atoms with E-state index < -0.39 is 12.0 Å². The van der Waals surface area contributed by atoms with E-state index in [1.807, 2.05) is 0 Å². The molecular weight excluding hydrogens is 234 g/mol. The lowest BCUT2D eigenvalue weighted by molar-refractivity contribution is -0.152. The molecule has 5 nitrogen and oxygen atoms in total. The third kappa shape index (κ3) is 3.22. The number of nitrogens with zero attached hydrogens (tertiary/aromatic N) is 1. The minimum Gasteiger partial charge on any atom is -0.480 e. The predicted molar refractivity (Wildman–Crippen MR) is 65.1 cm³/mol. The van der Waals surface area contributed by atoms with Crippen molar-refractivity contribution in [2.75, 3.05) is 19.8 Å². The molecule has 2 unspecified atom stereocenters. The highest BCUT2D eigenvalue weighted by atomic mass is 16.5. The van der Waals surface area contributed by atoms with Gasteiger partial charge in [-0.05, 0) is 38.0 Å². The summed E-state index contributed by atoms with van der Waals surface area (Å²) in [6.07, 6.45) is 4.71. The molecule has 2 rings (SSSR count). The Balaban J connectivity index is 1.83. The van der Waals surface area contributed by atoms with Crippen molar-refractivity contribution >= 4 is 11.9 Å². The number of ether oxygens (including phenoxy) is 1. The van der Waals surface area contributed by atoms with Crippen LogP contribution in [0.5, 0.6) is 0 Å². The van der Waals surface area contributed by atoms with Crippen LogP contribution >= 0.6 is 0 Å². The molecular formula is C13H21NO4. The van der Waals surface area contributed by atoms with Gasteiger partial charge in [-0.1, -0.05) is 0 Å². The molecule has 0 radical (unpaired) electrons. The topological polar surface area (TPSA) is 66.8 Å². The van der Waals surface area contributed by atoms with E-state index in [2.05, 4.69) is 0 Å². The summed E-state index contributed by atoms with van der Waals surface area (Å²) in [6, 6.07) is -0.605. The number of carboxylic acid groups (broad SMARTS) is 1. The Morgan fingerprint density at radius 1 is 1.28 bits per heavy atom. The number of hydrogen-bond donors (Lipinski definition) is 1. The number of hydrogen-bond acceptors (Lipinski definition) is 3. The fourth-order valence-electron chi connectivity index (χ4n) is 2.77. The van der Waals surface area contributed by atoms with Gasteiger partial charge < -0.3 is 14.7 Å². The summed E-state index contributed by atoms with van der Waals surface area (Å²) < 4.78 is 5.28. The van der Waals surface area contributed by atoms with E-state index >= 15 is 0 Å². The molecule has 5 heteroatoms. The van der Waals surface area contributed by atoms with E-state index in [0.717, 1.165) is 38.9 Å². The van der Waals surface area contributed by atoms with Gasteiger partial charge in [0.05, 0.1) is 0 Å². The molecule has 2 saturated heterocycles. The molecule has 0 aromatic rings. The van der Waals surface area contributed by atoms with Crippen molar-refractivity contribution in [1.29, 1.82) is 0 Å². The number of amides is 1. The van der Waals surface area contributed by atoms with Gasteiger partial charge in [0.15, 0.2) is 0 Å². The van der Waals surface area contributed by atoms with Crippen LogP contribution in [0.25, 0.3) is 0 Å². The number of likely N-dealkylation sites (tertiary alicyclic amines) is 1. The SMILES string of the molecule is O=C(O)C1CCCCN1C(=O)CCC1CCOC1. The molecule has 1 amide bonds. The van der Waals surface area contributed by atoms with Gasteiger partial charge in [0.1, 0.15) is 6.04 Å². The monoisotopic (exact) mass is 255 g/mol. The first-order valence-corrected chi connectivity index (χ1v) is 6.78. The van der Waals surface area contributed by atoms with Gasteiger partial charge in [-0.25, -0.2) is 4.79 Å². The second-order valence-electron chi connectivity index (χ2n) is 5.21. The molecule has 0 bridgehead atoms. The standard InChI is InChI=1S/C13H21NO4/c15-12(5-4-10-6-8-18-9-10)14-7-2-1-3-11(14)13(16)17/h10-11H,1-9H2,(H,16,17). The van der Waals surface area contributed by atoms with Gasteiger partial charge in [-0.2, -0.15) is 0 Å². The van der Waals surface area contributed by atoms with Gasteiger partial charge in [-0.15, -0.1) is 0 Å². The Labute approximate surface area is 107 Å². The van der Waals surface area contributed by atoms with E-state index in [4.69, 9.17) is 9.84 Å². The summed E-state index contributed by atoms with van der Waals surface area (Å²) in [6.45, 7) is 2.13. The van der Waals surface area contributed by atoms with E-state index in [-0.39, 0.29) is 5.91 Å². The Bertz CT molecular complexity index is 312. The lowest BCUT2D eigenvalue weighted by Gasteiger charge is -2.33. The average molecular weight is 255 g/mol. The lowest BCUT2D eigenvalue weighted by Crippen LogP contribution is -2.48. The van der Waals surface area contributed by atoms with Crippen molar-refractivity contribution in [3.8, 4) is 0 Å². The van der Waals surface area contributed by atoms with Gasteiger partial charge in [0, 0.05) is 26.2 Å². The van der Waals surface area contributed by atoms with E-state index in [1.54, 1.807) is 4.90 Å². The Morgan fingerprint density at radius 3 is 2.78 bits per heavy atom. The molecule has 102 valence electrons. The number of rotatable bonds is 4. The van der Waals surface area contributed by atoms with Gasteiger partial charge >= 0.3 is 5.97 Å². The largest absolute Gasteiger partial charge is 0.480 e. The van der Waals surface area contributed by atoms with Crippen LogP contribution in [-0.2, 0) is 14.3 Å². The molecule has 2 aliphatic rings. The molecule has 2 fully saturated rings. The first-order valence-electron chi connectivity index (χ1n) is 6.78. The molecule has 0 aromatic carbocycles. The highest BCUT2D eigenvalue weighted by Crippen LogP contribution is 2.22. The van der Waals surface area contributed by atoms with Crippen molar-refractivity contribution in [3.05, 3.63) is 0 Å². The van der Waals surface area contributed by atoms with Crippen LogP contribution in [-0.4, -0.2) is 47.7 Å². The van der Waals surface area contributed by atoms with E-state index in [0.29, 0.717) is 25.3 Å². The minimum atomic E-state index is -0.868. The maximum atomic E-state index is 12.1. The quantitative estimate of drug-likeness (QED) is 0.821. The Morgan fingerprint density at radius 2 is 2.11 bits per heavy atom. The summed E-state index contributed by atoms with van der Waals surface area (Å²) >= 11 is 0. The molecule has 0 saturated carbocycles. The summed E-state index contributed by atoms with van der Waals surface area (Å²) in [5, 5.41) is 9.12. The number of aliphatic carboxylic acids is 1. The van der Waals surface area contributed by atoms with Crippen LogP contribution in [0.1, 0.15) is 38.5 Å². The highest BCUT2D eigenvalue weighted by molar-refractivity contribution is 5.83. The fourth-order valence-corrected chi connectivity index (χ4v) is 2.77. The first-order chi connectivity index (χ1) is 8.68. The second kappa shape index (κ2) is 6.18. The summed E-state index contributed by atoms with van der Waals surface area (Å²) in [7, 11) is 0. The van der Waals surface area contributed by atoms with Crippen LogP contribution in [0.15, 0.2) is 0 Å². The van der Waals surface area contributed by atoms with Crippen LogP contribution < -0.4 is 0 Å². The highest BCUT2D eigenvalue weighted by Gasteiger charge is 2.31. The Kier molecular flexibility index (Phi) is 4.58. The molecule has 1 N–H and O–H groups in total. The lowest BCUT2D eigenvalue weighted by atomic mass is 9.99.